The molecule has 0 radical (unpaired) electrons. The molecule has 17 nitrogen and oxygen atoms in total. The fourth-order valence-corrected chi connectivity index (χ4v) is 7.21. The molecule has 53 heavy (non-hydrogen) atoms. The number of rotatable bonds is 14. The number of aliphatic carboxylic acids is 1. The number of carbonyl (C=O) groups excluding carboxylic acids is 5. The molecule has 2 aromatic rings. The van der Waals surface area contributed by atoms with Crippen LogP contribution in [0.2, 0.25) is 0 Å². The Kier molecular flexibility index (Phi) is 11.6. The van der Waals surface area contributed by atoms with Crippen LogP contribution in [-0.2, 0) is 59.3 Å². The summed E-state index contributed by atoms with van der Waals surface area (Å²) < 4.78 is 59.0. The molecule has 0 bridgehead atoms. The highest BCUT2D eigenvalue weighted by Gasteiger charge is 2.55. The number of esters is 3. The number of carboxylic acid groups (broad SMARTS) is 1. The summed E-state index contributed by atoms with van der Waals surface area (Å²) in [4.78, 5) is 76.5. The van der Waals surface area contributed by atoms with Crippen molar-refractivity contribution in [2.24, 2.45) is 5.92 Å². The quantitative estimate of drug-likeness (QED) is 0.208. The molecule has 5 rings (SSSR count). The summed E-state index contributed by atoms with van der Waals surface area (Å²) in [7, 11) is -3.71. The third kappa shape index (κ3) is 9.23. The van der Waals surface area contributed by atoms with Gasteiger partial charge in [0.15, 0.2) is 29.8 Å². The summed E-state index contributed by atoms with van der Waals surface area (Å²) in [5, 5.41) is 12.8. The zero-order valence-electron chi connectivity index (χ0n) is 29.6. The van der Waals surface area contributed by atoms with E-state index in [0.29, 0.717) is 16.8 Å². The van der Waals surface area contributed by atoms with Crippen LogP contribution < -0.4 is 14.8 Å². The second-order valence-corrected chi connectivity index (χ2v) is 15.1. The Bertz CT molecular complexity index is 1910. The number of fused-ring (bicyclic) bond motifs is 1. The van der Waals surface area contributed by atoms with Crippen molar-refractivity contribution in [2.45, 2.75) is 83.8 Å². The van der Waals surface area contributed by atoms with E-state index in [1.165, 1.54) is 23.1 Å². The molecule has 0 aromatic heterocycles. The van der Waals surface area contributed by atoms with Gasteiger partial charge in [0.2, 0.25) is 18.3 Å². The van der Waals surface area contributed by atoms with Gasteiger partial charge in [0.1, 0.15) is 9.84 Å². The van der Waals surface area contributed by atoms with Gasteiger partial charge in [0, 0.05) is 39.5 Å². The van der Waals surface area contributed by atoms with Crippen LogP contribution in [-0.4, -0.2) is 103 Å². The highest BCUT2D eigenvalue weighted by Crippen LogP contribution is 2.41. The van der Waals surface area contributed by atoms with E-state index in [1.807, 2.05) is 0 Å². The van der Waals surface area contributed by atoms with Crippen molar-refractivity contribution in [3.63, 3.8) is 0 Å². The van der Waals surface area contributed by atoms with Crippen LogP contribution in [0, 0.1) is 5.92 Å². The molecule has 2 heterocycles. The van der Waals surface area contributed by atoms with E-state index < -0.39 is 82.1 Å². The van der Waals surface area contributed by atoms with Crippen molar-refractivity contribution < 1.29 is 70.7 Å². The van der Waals surface area contributed by atoms with Gasteiger partial charge < -0.3 is 43.7 Å². The molecular formula is C35H40N2O15S. The Hall–Kier alpha value is -5.23. The van der Waals surface area contributed by atoms with Crippen molar-refractivity contribution in [1.82, 2.24) is 4.90 Å². The molecule has 2 aromatic carbocycles. The van der Waals surface area contributed by atoms with E-state index in [2.05, 4.69) is 5.32 Å². The summed E-state index contributed by atoms with van der Waals surface area (Å²) in [6.07, 6.45) is -6.24. The molecular weight excluding hydrogens is 720 g/mol. The van der Waals surface area contributed by atoms with Gasteiger partial charge >= 0.3 is 23.9 Å². The summed E-state index contributed by atoms with van der Waals surface area (Å²) in [5.41, 5.74) is 1.52. The van der Waals surface area contributed by atoms with Gasteiger partial charge in [0.25, 0.3) is 5.91 Å². The van der Waals surface area contributed by atoms with Crippen molar-refractivity contribution in [3.05, 3.63) is 53.1 Å². The predicted molar refractivity (Wildman–Crippen MR) is 181 cm³/mol. The largest absolute Gasteiger partial charge is 0.490 e. The zero-order valence-corrected chi connectivity index (χ0v) is 30.4. The van der Waals surface area contributed by atoms with Crippen LogP contribution in [0.5, 0.6) is 11.5 Å². The smallest absolute Gasteiger partial charge is 0.337 e. The first kappa shape index (κ1) is 39.0. The second kappa shape index (κ2) is 15.8. The maximum absolute atomic E-state index is 14.0. The molecule has 1 aliphatic carbocycles. The number of hydrogen-bond donors (Lipinski definition) is 2. The van der Waals surface area contributed by atoms with E-state index in [9.17, 15) is 42.3 Å². The van der Waals surface area contributed by atoms with Gasteiger partial charge in [0.05, 0.1) is 29.7 Å². The SMILES string of the molecule is CCOc1cc([C@@H](CS(C)(=O)=O)N2Cc3cccc(NC(=O)C4CC4)c3C2=O)ccc1O[C@@H]1O[C@H](C(=O)O)[C@@H](OC(C)=O)[C@H](OC(C)=O)[C@H]1OC(C)=O. The number of anilines is 1. The van der Waals surface area contributed by atoms with Crippen LogP contribution >= 0.6 is 0 Å². The maximum Gasteiger partial charge on any atom is 0.337 e. The number of ether oxygens (including phenoxy) is 6. The maximum atomic E-state index is 14.0. The summed E-state index contributed by atoms with van der Waals surface area (Å²) >= 11 is 0. The topological polar surface area (TPSA) is 227 Å². The van der Waals surface area contributed by atoms with Gasteiger partial charge in [-0.25, -0.2) is 13.2 Å². The van der Waals surface area contributed by atoms with Gasteiger partial charge in [-0.15, -0.1) is 0 Å². The molecule has 2 N–H and O–H groups in total. The van der Waals surface area contributed by atoms with Crippen LogP contribution in [0.25, 0.3) is 0 Å². The Balaban J connectivity index is 1.51. The molecule has 3 aliphatic rings. The number of sulfone groups is 1. The third-order valence-corrected chi connectivity index (χ3v) is 9.47. The number of carbonyl (C=O) groups is 6. The lowest BCUT2D eigenvalue weighted by Gasteiger charge is -2.42. The lowest BCUT2D eigenvalue weighted by Crippen LogP contribution is -2.64. The third-order valence-electron chi connectivity index (χ3n) is 8.55. The Labute approximate surface area is 304 Å². The number of benzene rings is 2. The number of amides is 2. The molecule has 6 atom stereocenters. The first-order valence-corrected chi connectivity index (χ1v) is 18.8. The fourth-order valence-electron chi connectivity index (χ4n) is 6.26. The number of carboxylic acids is 1. The molecule has 18 heteroatoms. The number of nitrogens with zero attached hydrogens (tertiary/aromatic N) is 1. The monoisotopic (exact) mass is 760 g/mol. The Morgan fingerprint density at radius 2 is 1.58 bits per heavy atom. The molecule has 1 saturated carbocycles. The van der Waals surface area contributed by atoms with Gasteiger partial charge in [-0.2, -0.15) is 0 Å². The fraction of sp³-hybridized carbons (Fsp3) is 0.486. The molecule has 2 fully saturated rings. The van der Waals surface area contributed by atoms with Crippen molar-refractivity contribution in [3.8, 4) is 11.5 Å². The Morgan fingerprint density at radius 1 is 0.943 bits per heavy atom. The molecule has 1 saturated heterocycles. The number of nitrogens with one attached hydrogen (secondary N) is 1. The van der Waals surface area contributed by atoms with Crippen molar-refractivity contribution in [1.29, 1.82) is 0 Å². The van der Waals surface area contributed by atoms with Crippen LogP contribution in [0.4, 0.5) is 5.69 Å². The standard InChI is InChI=1S/C35H40N2O15S/c1-6-47-26-14-21(24(16-53(5,45)46)37-15-22-8-7-9-23(27(22)33(37)42)36-32(41)20-10-11-20)12-13-25(26)51-35-31(50-19(4)40)29(49-18(3)39)28(48-17(2)38)30(52-35)34(43)44/h7-9,12-14,20,24,28-31,35H,6,10-11,15-16H2,1-5H3,(H,36,41)(H,43,44)/t24-,28+,29+,30+,31-,35-/m1/s1. The summed E-state index contributed by atoms with van der Waals surface area (Å²) in [6, 6.07) is 8.30. The highest BCUT2D eigenvalue weighted by atomic mass is 32.2. The minimum absolute atomic E-state index is 0.00763. The van der Waals surface area contributed by atoms with Gasteiger partial charge in [-0.05, 0) is 49.1 Å². The van der Waals surface area contributed by atoms with Crippen LogP contribution in [0.3, 0.4) is 0 Å². The first-order chi connectivity index (χ1) is 25.0. The predicted octanol–water partition coefficient (Wildman–Crippen LogP) is 2.16. The van der Waals surface area contributed by atoms with E-state index >= 15 is 0 Å². The van der Waals surface area contributed by atoms with Gasteiger partial charge in [-0.1, -0.05) is 18.2 Å². The average molecular weight is 761 g/mol. The zero-order chi connectivity index (χ0) is 38.8. The summed E-state index contributed by atoms with van der Waals surface area (Å²) in [6.45, 7) is 4.82. The highest BCUT2D eigenvalue weighted by molar-refractivity contribution is 7.90. The van der Waals surface area contributed by atoms with E-state index in [1.54, 1.807) is 25.1 Å². The van der Waals surface area contributed by atoms with E-state index in [0.717, 1.165) is 39.9 Å². The van der Waals surface area contributed by atoms with Crippen LogP contribution in [0.1, 0.15) is 68.1 Å². The second-order valence-electron chi connectivity index (χ2n) is 12.9. The molecule has 2 amide bonds. The number of hydrogen-bond acceptors (Lipinski definition) is 14. The van der Waals surface area contributed by atoms with Crippen molar-refractivity contribution >= 4 is 51.2 Å². The molecule has 0 spiro atoms. The minimum atomic E-state index is -3.71. The van der Waals surface area contributed by atoms with Crippen molar-refractivity contribution in [2.75, 3.05) is 23.9 Å². The van der Waals surface area contributed by atoms with E-state index in [4.69, 9.17) is 28.4 Å². The lowest BCUT2D eigenvalue weighted by atomic mass is 9.97. The Morgan fingerprint density at radius 3 is 2.17 bits per heavy atom. The summed E-state index contributed by atoms with van der Waals surface area (Å²) in [5.74, 6) is -5.71. The molecule has 2 aliphatic heterocycles. The molecule has 286 valence electrons. The average Bonchev–Trinajstić information content (AvgIpc) is 3.85. The normalized spacial score (nSPS) is 22.9. The minimum Gasteiger partial charge on any atom is -0.490 e. The van der Waals surface area contributed by atoms with E-state index in [-0.39, 0.29) is 42.0 Å². The van der Waals surface area contributed by atoms with Crippen LogP contribution in [0.15, 0.2) is 36.4 Å². The molecule has 0 unspecified atom stereocenters. The van der Waals surface area contributed by atoms with Gasteiger partial charge in [-0.3, -0.25) is 24.0 Å². The first-order valence-electron chi connectivity index (χ1n) is 16.7. The lowest BCUT2D eigenvalue weighted by molar-refractivity contribution is -0.282.